The molecule has 26 heavy (non-hydrogen) atoms. The first kappa shape index (κ1) is 18.1. The van der Waals surface area contributed by atoms with Crippen LogP contribution >= 0.6 is 12.3 Å². The van der Waals surface area contributed by atoms with Gasteiger partial charge in [-0.3, -0.25) is 0 Å². The summed E-state index contributed by atoms with van der Waals surface area (Å²) >= 11 is 0.0181. The molecule has 4 nitrogen and oxygen atoms in total. The largest absolute Gasteiger partial charge is 0.306 e. The highest BCUT2D eigenvalue weighted by Crippen LogP contribution is 2.33. The third-order valence-electron chi connectivity index (χ3n) is 3.90. The summed E-state index contributed by atoms with van der Waals surface area (Å²) in [5.41, 5.74) is 4.32. The summed E-state index contributed by atoms with van der Waals surface area (Å²) in [6.45, 7) is 5.69. The van der Waals surface area contributed by atoms with Crippen LogP contribution in [0.2, 0.25) is 0 Å². The lowest BCUT2D eigenvalue weighted by atomic mass is 10.0. The molecule has 0 saturated heterocycles. The quantitative estimate of drug-likeness (QED) is 0.461. The molecule has 134 valence electrons. The van der Waals surface area contributed by atoms with E-state index >= 15 is 0 Å². The zero-order valence-electron chi connectivity index (χ0n) is 14.6. The molecule has 4 aromatic rings. The fraction of sp³-hybridized carbons (Fsp3) is 0.158. The van der Waals surface area contributed by atoms with Crippen molar-refractivity contribution in [2.75, 3.05) is 0 Å². The van der Waals surface area contributed by atoms with Crippen molar-refractivity contribution in [1.82, 2.24) is 18.6 Å². The molecule has 0 N–H and O–H groups in total. The van der Waals surface area contributed by atoms with Gasteiger partial charge in [-0.15, -0.1) is 3.89 Å². The highest BCUT2D eigenvalue weighted by molar-refractivity contribution is 7.92. The Bertz CT molecular complexity index is 1040. The zero-order valence-corrected chi connectivity index (χ0v) is 15.5. The van der Waals surface area contributed by atoms with Crippen molar-refractivity contribution in [3.05, 3.63) is 66.5 Å². The normalized spacial score (nSPS) is 10.7. The van der Waals surface area contributed by atoms with E-state index in [0.29, 0.717) is 11.3 Å². The Hall–Kier alpha value is -2.67. The molecule has 1 aromatic carbocycles. The fourth-order valence-electron chi connectivity index (χ4n) is 2.68. The Labute approximate surface area is 154 Å². The van der Waals surface area contributed by atoms with Crippen LogP contribution in [0.15, 0.2) is 55.1 Å². The number of aromatic nitrogens is 4. The zero-order chi connectivity index (χ0) is 18.7. The van der Waals surface area contributed by atoms with Gasteiger partial charge in [-0.25, -0.2) is 9.37 Å². The summed E-state index contributed by atoms with van der Waals surface area (Å²) < 4.78 is 29.6. The van der Waals surface area contributed by atoms with E-state index < -0.39 is 0 Å². The molecule has 0 aliphatic carbocycles. The third kappa shape index (κ3) is 3.35. The summed E-state index contributed by atoms with van der Waals surface area (Å²) in [4.78, 5) is 4.21. The SMILES string of the molecule is CC.Cc1cc(-c2nn(SF)cc2-c2ccc3nccn3c2)ccc1F. The molecule has 3 aromatic heterocycles. The standard InChI is InChI=1S/C17H12F2N4S.C2H6/c1-11-8-12(2-4-15(11)18)17-14(10-23(21-17)24-19)13-3-5-16-20-6-7-22(16)9-13;1-2/h2-10H,1H3;1-2H3. The predicted molar refractivity (Wildman–Crippen MR) is 102 cm³/mol. The molecule has 0 amide bonds. The maximum Gasteiger partial charge on any atom is 0.187 e. The van der Waals surface area contributed by atoms with E-state index in [0.717, 1.165) is 26.4 Å². The lowest BCUT2D eigenvalue weighted by molar-refractivity contribution is 0.618. The van der Waals surface area contributed by atoms with E-state index in [1.54, 1.807) is 31.5 Å². The lowest BCUT2D eigenvalue weighted by Gasteiger charge is -2.05. The van der Waals surface area contributed by atoms with E-state index in [-0.39, 0.29) is 18.2 Å². The van der Waals surface area contributed by atoms with Crippen molar-refractivity contribution in [3.63, 3.8) is 0 Å². The smallest absolute Gasteiger partial charge is 0.187 e. The van der Waals surface area contributed by atoms with Gasteiger partial charge in [0, 0.05) is 41.5 Å². The van der Waals surface area contributed by atoms with Crippen LogP contribution in [0.5, 0.6) is 0 Å². The first-order chi connectivity index (χ1) is 12.7. The molecule has 0 fully saturated rings. The summed E-state index contributed by atoms with van der Waals surface area (Å²) in [5.74, 6) is -0.278. The van der Waals surface area contributed by atoms with Crippen molar-refractivity contribution >= 4 is 18.0 Å². The second-order valence-corrected chi connectivity index (χ2v) is 5.95. The minimum Gasteiger partial charge on any atom is -0.306 e. The molecule has 0 radical (unpaired) electrons. The summed E-state index contributed by atoms with van der Waals surface area (Å²) in [5, 5.41) is 4.27. The number of rotatable bonds is 3. The highest BCUT2D eigenvalue weighted by Gasteiger charge is 2.15. The van der Waals surface area contributed by atoms with Crippen molar-refractivity contribution in [1.29, 1.82) is 0 Å². The van der Waals surface area contributed by atoms with Crippen LogP contribution in [0.1, 0.15) is 19.4 Å². The first-order valence-corrected chi connectivity index (χ1v) is 8.91. The highest BCUT2D eigenvalue weighted by atomic mass is 32.2. The first-order valence-electron chi connectivity index (χ1n) is 8.24. The maximum absolute atomic E-state index is 13.5. The van der Waals surface area contributed by atoms with Gasteiger partial charge in [0.25, 0.3) is 0 Å². The molecule has 0 atom stereocenters. The second kappa shape index (κ2) is 7.70. The number of pyridine rings is 1. The molecule has 0 spiro atoms. The molecule has 0 aliphatic rings. The van der Waals surface area contributed by atoms with Gasteiger partial charge >= 0.3 is 0 Å². The van der Waals surface area contributed by atoms with Crippen LogP contribution in [0, 0.1) is 12.7 Å². The van der Waals surface area contributed by atoms with Gasteiger partial charge in [0.1, 0.15) is 17.2 Å². The molecule has 0 bridgehead atoms. The Morgan fingerprint density at radius 3 is 2.54 bits per heavy atom. The van der Waals surface area contributed by atoms with E-state index in [1.807, 2.05) is 42.8 Å². The average molecular weight is 372 g/mol. The van der Waals surface area contributed by atoms with Crippen LogP contribution in [0.4, 0.5) is 8.28 Å². The van der Waals surface area contributed by atoms with Gasteiger partial charge in [0.05, 0.1) is 0 Å². The number of fused-ring (bicyclic) bond motifs is 1. The minimum absolute atomic E-state index is 0.0181. The number of hydrogen-bond donors (Lipinski definition) is 0. The number of benzene rings is 1. The van der Waals surface area contributed by atoms with Crippen molar-refractivity contribution in [3.8, 4) is 22.4 Å². The molecular weight excluding hydrogens is 354 g/mol. The summed E-state index contributed by atoms with van der Waals surface area (Å²) in [6.07, 6.45) is 7.09. The topological polar surface area (TPSA) is 35.1 Å². The third-order valence-corrected chi connectivity index (χ3v) is 4.22. The van der Waals surface area contributed by atoms with Crippen LogP contribution in [-0.2, 0) is 0 Å². The van der Waals surface area contributed by atoms with Crippen molar-refractivity contribution in [2.45, 2.75) is 20.8 Å². The van der Waals surface area contributed by atoms with Crippen LogP contribution < -0.4 is 0 Å². The van der Waals surface area contributed by atoms with Crippen molar-refractivity contribution < 1.29 is 8.28 Å². The Morgan fingerprint density at radius 1 is 1.04 bits per heavy atom. The average Bonchev–Trinajstić information content (AvgIpc) is 3.31. The summed E-state index contributed by atoms with van der Waals surface area (Å²) in [7, 11) is 0. The molecular formula is C19H18F2N4S. The number of nitrogens with zero attached hydrogens (tertiary/aromatic N) is 4. The van der Waals surface area contributed by atoms with Crippen LogP contribution in [0.3, 0.4) is 0 Å². The maximum atomic E-state index is 13.5. The van der Waals surface area contributed by atoms with E-state index in [2.05, 4.69) is 10.1 Å². The van der Waals surface area contributed by atoms with Gasteiger partial charge in [-0.05, 0) is 42.8 Å². The van der Waals surface area contributed by atoms with Crippen LogP contribution in [0.25, 0.3) is 28.0 Å². The fourth-order valence-corrected chi connectivity index (χ4v) is 2.94. The van der Waals surface area contributed by atoms with Gasteiger partial charge in [0.2, 0.25) is 0 Å². The predicted octanol–water partition coefficient (Wildman–Crippen LogP) is 5.72. The molecule has 3 heterocycles. The Balaban J connectivity index is 0.000000948. The molecule has 4 rings (SSSR count). The number of halogens is 2. The van der Waals surface area contributed by atoms with Gasteiger partial charge in [-0.2, -0.15) is 9.19 Å². The Kier molecular flexibility index (Phi) is 5.37. The van der Waals surface area contributed by atoms with E-state index in [1.165, 1.54) is 6.07 Å². The molecule has 0 aliphatic heterocycles. The second-order valence-electron chi connectivity index (χ2n) is 5.44. The minimum atomic E-state index is -0.278. The monoisotopic (exact) mass is 372 g/mol. The van der Waals surface area contributed by atoms with E-state index in [4.69, 9.17) is 0 Å². The van der Waals surface area contributed by atoms with Crippen molar-refractivity contribution in [2.24, 2.45) is 0 Å². The van der Waals surface area contributed by atoms with Gasteiger partial charge < -0.3 is 4.40 Å². The molecule has 0 unspecified atom stereocenters. The lowest BCUT2D eigenvalue weighted by Crippen LogP contribution is -1.89. The van der Waals surface area contributed by atoms with Crippen LogP contribution in [-0.4, -0.2) is 18.6 Å². The summed E-state index contributed by atoms with van der Waals surface area (Å²) in [6, 6.07) is 8.55. The Morgan fingerprint density at radius 2 is 1.81 bits per heavy atom. The van der Waals surface area contributed by atoms with E-state index in [9.17, 15) is 8.28 Å². The number of aryl methyl sites for hydroxylation is 1. The number of hydrogen-bond acceptors (Lipinski definition) is 3. The van der Waals surface area contributed by atoms with Gasteiger partial charge in [-0.1, -0.05) is 13.8 Å². The molecule has 0 saturated carbocycles. The number of imidazole rings is 1. The van der Waals surface area contributed by atoms with Gasteiger partial charge in [0.15, 0.2) is 12.3 Å². The molecule has 7 heteroatoms.